The Kier molecular flexibility index (Phi) is 3.81. The Hall–Kier alpha value is -1.62. The number of nitrogens with one attached hydrogen (secondary N) is 1. The molecule has 0 bridgehead atoms. The van der Waals surface area contributed by atoms with Gasteiger partial charge in [-0.15, -0.1) is 0 Å². The van der Waals surface area contributed by atoms with Crippen LogP contribution in [0.15, 0.2) is 18.2 Å². The summed E-state index contributed by atoms with van der Waals surface area (Å²) in [5.74, 6) is -0.513. The van der Waals surface area contributed by atoms with Gasteiger partial charge in [0.15, 0.2) is 0 Å². The average molecular weight is 251 g/mol. The maximum atomic E-state index is 12.9. The van der Waals surface area contributed by atoms with Crippen molar-refractivity contribution in [3.63, 3.8) is 0 Å². The van der Waals surface area contributed by atoms with Crippen molar-refractivity contribution in [3.8, 4) is 0 Å². The quantitative estimate of drug-likeness (QED) is 0.806. The molecule has 0 aromatic heterocycles. The lowest BCUT2D eigenvalue weighted by Crippen LogP contribution is -2.35. The summed E-state index contributed by atoms with van der Waals surface area (Å²) in [6.45, 7) is 3.43. The van der Waals surface area contributed by atoms with E-state index >= 15 is 0 Å². The van der Waals surface area contributed by atoms with Gasteiger partial charge in [0.05, 0.1) is 17.9 Å². The third-order valence-corrected chi connectivity index (χ3v) is 3.32. The maximum absolute atomic E-state index is 12.9. The lowest BCUT2D eigenvalue weighted by Gasteiger charge is -2.20. The van der Waals surface area contributed by atoms with Crippen LogP contribution in [0.25, 0.3) is 0 Å². The highest BCUT2D eigenvalue weighted by Gasteiger charge is 2.22. The number of nitrogen functional groups attached to an aromatic ring is 1. The topological polar surface area (TPSA) is 58.4 Å². The molecule has 4 nitrogen and oxygen atoms in total. The summed E-state index contributed by atoms with van der Waals surface area (Å²) >= 11 is 0. The Morgan fingerprint density at radius 2 is 2.39 bits per heavy atom. The van der Waals surface area contributed by atoms with Crippen LogP contribution in [0, 0.1) is 5.82 Å². The zero-order chi connectivity index (χ0) is 13.1. The molecule has 0 radical (unpaired) electrons. The fourth-order valence-corrected chi connectivity index (χ4v) is 2.25. The highest BCUT2D eigenvalue weighted by atomic mass is 19.1. The van der Waals surface area contributed by atoms with Crippen LogP contribution < -0.4 is 11.1 Å². The van der Waals surface area contributed by atoms with Gasteiger partial charge in [-0.1, -0.05) is 0 Å². The van der Waals surface area contributed by atoms with E-state index in [1.54, 1.807) is 0 Å². The van der Waals surface area contributed by atoms with Crippen LogP contribution in [-0.4, -0.2) is 29.9 Å². The van der Waals surface area contributed by atoms with Crippen LogP contribution in [0.4, 0.5) is 15.8 Å². The summed E-state index contributed by atoms with van der Waals surface area (Å²) in [4.78, 5) is 14.0. The second-order valence-corrected chi connectivity index (χ2v) is 4.74. The Morgan fingerprint density at radius 1 is 1.61 bits per heavy atom. The molecule has 1 amide bonds. The zero-order valence-corrected chi connectivity index (χ0v) is 10.4. The number of benzene rings is 1. The Labute approximate surface area is 106 Å². The van der Waals surface area contributed by atoms with E-state index in [2.05, 4.69) is 17.1 Å². The fourth-order valence-electron chi connectivity index (χ4n) is 2.25. The molecule has 3 N–H and O–H groups in total. The molecule has 1 aromatic rings. The highest BCUT2D eigenvalue weighted by Crippen LogP contribution is 2.20. The van der Waals surface area contributed by atoms with Gasteiger partial charge in [0.2, 0.25) is 5.91 Å². The molecule has 0 aliphatic carbocycles. The molecule has 1 saturated heterocycles. The van der Waals surface area contributed by atoms with E-state index in [-0.39, 0.29) is 11.6 Å². The van der Waals surface area contributed by atoms with Crippen LogP contribution >= 0.6 is 0 Å². The number of carbonyl (C=O) groups excluding carboxylic acids is 1. The number of halogens is 1. The third-order valence-electron chi connectivity index (χ3n) is 3.32. The largest absolute Gasteiger partial charge is 0.397 e. The summed E-state index contributed by atoms with van der Waals surface area (Å²) in [7, 11) is 0. The van der Waals surface area contributed by atoms with E-state index in [0.717, 1.165) is 19.4 Å². The van der Waals surface area contributed by atoms with Crippen molar-refractivity contribution < 1.29 is 9.18 Å². The first-order valence-electron chi connectivity index (χ1n) is 6.15. The maximum Gasteiger partial charge on any atom is 0.238 e. The van der Waals surface area contributed by atoms with E-state index in [4.69, 9.17) is 5.73 Å². The first kappa shape index (κ1) is 12.8. The molecule has 5 heteroatoms. The molecule has 98 valence electrons. The first-order chi connectivity index (χ1) is 8.56. The normalized spacial score (nSPS) is 20.0. The second kappa shape index (κ2) is 5.35. The first-order valence-corrected chi connectivity index (χ1v) is 6.15. The Balaban J connectivity index is 1.94. The standard InChI is InChI=1S/C13H18FN3O/c1-9-3-2-6-17(9)8-13(18)16-12-5-4-10(14)7-11(12)15/h4-5,7,9H,2-3,6,8,15H2,1H3,(H,16,18). The molecule has 0 spiro atoms. The summed E-state index contributed by atoms with van der Waals surface area (Å²) < 4.78 is 12.9. The van der Waals surface area contributed by atoms with Gasteiger partial charge in [0.25, 0.3) is 0 Å². The number of anilines is 2. The van der Waals surface area contributed by atoms with Crippen LogP contribution in [0.3, 0.4) is 0 Å². The molecule has 1 atom stereocenters. The average Bonchev–Trinajstić information content (AvgIpc) is 2.69. The Morgan fingerprint density at radius 3 is 3.00 bits per heavy atom. The van der Waals surface area contributed by atoms with E-state index in [1.807, 2.05) is 0 Å². The van der Waals surface area contributed by atoms with Crippen LogP contribution in [0.5, 0.6) is 0 Å². The smallest absolute Gasteiger partial charge is 0.238 e. The highest BCUT2D eigenvalue weighted by molar-refractivity contribution is 5.95. The number of likely N-dealkylation sites (tertiary alicyclic amines) is 1. The minimum absolute atomic E-state index is 0.109. The predicted octanol–water partition coefficient (Wildman–Crippen LogP) is 1.83. The number of rotatable bonds is 3. The molecule has 1 aliphatic rings. The lowest BCUT2D eigenvalue weighted by molar-refractivity contribution is -0.117. The monoisotopic (exact) mass is 251 g/mol. The van der Waals surface area contributed by atoms with Gasteiger partial charge in [-0.05, 0) is 44.5 Å². The minimum atomic E-state index is -0.404. The number of hydrogen-bond acceptors (Lipinski definition) is 3. The van der Waals surface area contributed by atoms with Crippen molar-refractivity contribution in [2.75, 3.05) is 24.1 Å². The molecule has 1 fully saturated rings. The van der Waals surface area contributed by atoms with Gasteiger partial charge < -0.3 is 11.1 Å². The molecule has 1 aromatic carbocycles. The van der Waals surface area contributed by atoms with Gasteiger partial charge >= 0.3 is 0 Å². The summed E-state index contributed by atoms with van der Waals surface area (Å²) in [6.07, 6.45) is 2.26. The molecule has 1 aliphatic heterocycles. The minimum Gasteiger partial charge on any atom is -0.397 e. The number of nitrogens with zero attached hydrogens (tertiary/aromatic N) is 1. The fraction of sp³-hybridized carbons (Fsp3) is 0.462. The number of amides is 1. The van der Waals surface area contributed by atoms with Gasteiger partial charge in [0, 0.05) is 6.04 Å². The zero-order valence-electron chi connectivity index (χ0n) is 10.4. The van der Waals surface area contributed by atoms with Crippen molar-refractivity contribution in [3.05, 3.63) is 24.0 Å². The Bertz CT molecular complexity index is 450. The van der Waals surface area contributed by atoms with E-state index in [1.165, 1.54) is 18.2 Å². The number of nitrogens with two attached hydrogens (primary N) is 1. The van der Waals surface area contributed by atoms with E-state index in [0.29, 0.717) is 18.3 Å². The molecule has 1 unspecified atom stereocenters. The molecular formula is C13H18FN3O. The van der Waals surface area contributed by atoms with E-state index in [9.17, 15) is 9.18 Å². The summed E-state index contributed by atoms with van der Waals surface area (Å²) in [6, 6.07) is 4.41. The lowest BCUT2D eigenvalue weighted by atomic mass is 10.2. The molecular weight excluding hydrogens is 233 g/mol. The van der Waals surface area contributed by atoms with Crippen molar-refractivity contribution in [1.29, 1.82) is 0 Å². The SMILES string of the molecule is CC1CCCN1CC(=O)Nc1ccc(F)cc1N. The van der Waals surface area contributed by atoms with E-state index < -0.39 is 5.82 Å². The van der Waals surface area contributed by atoms with Crippen molar-refractivity contribution in [2.24, 2.45) is 0 Å². The van der Waals surface area contributed by atoms with Crippen LogP contribution in [0.2, 0.25) is 0 Å². The van der Waals surface area contributed by atoms with Crippen molar-refractivity contribution in [2.45, 2.75) is 25.8 Å². The van der Waals surface area contributed by atoms with Crippen molar-refractivity contribution in [1.82, 2.24) is 4.90 Å². The van der Waals surface area contributed by atoms with Crippen LogP contribution in [-0.2, 0) is 4.79 Å². The van der Waals surface area contributed by atoms with Crippen molar-refractivity contribution >= 4 is 17.3 Å². The molecule has 1 heterocycles. The number of carbonyl (C=O) groups is 1. The van der Waals surface area contributed by atoms with Crippen LogP contribution in [0.1, 0.15) is 19.8 Å². The van der Waals surface area contributed by atoms with Gasteiger partial charge in [-0.2, -0.15) is 0 Å². The summed E-state index contributed by atoms with van der Waals surface area (Å²) in [5.41, 5.74) is 6.35. The third kappa shape index (κ3) is 2.98. The summed E-state index contributed by atoms with van der Waals surface area (Å²) in [5, 5.41) is 2.71. The second-order valence-electron chi connectivity index (χ2n) is 4.74. The van der Waals surface area contributed by atoms with Gasteiger partial charge in [0.1, 0.15) is 5.82 Å². The number of hydrogen-bond donors (Lipinski definition) is 2. The predicted molar refractivity (Wildman–Crippen MR) is 69.7 cm³/mol. The molecule has 2 rings (SSSR count). The van der Waals surface area contributed by atoms with Gasteiger partial charge in [-0.3, -0.25) is 9.69 Å². The van der Waals surface area contributed by atoms with Gasteiger partial charge in [-0.25, -0.2) is 4.39 Å². The molecule has 18 heavy (non-hydrogen) atoms. The molecule has 0 saturated carbocycles.